The van der Waals surface area contributed by atoms with Crippen molar-refractivity contribution in [2.45, 2.75) is 24.7 Å². The molecular formula is C14H20O5S. The molecule has 0 aliphatic carbocycles. The molecule has 1 atom stereocenters. The maximum atomic E-state index is 11.8. The zero-order chi connectivity index (χ0) is 15.2. The molecule has 0 spiro atoms. The first-order valence-corrected chi connectivity index (χ1v) is 8.10. The van der Waals surface area contributed by atoms with E-state index in [0.29, 0.717) is 6.61 Å². The zero-order valence-electron chi connectivity index (χ0n) is 12.0. The van der Waals surface area contributed by atoms with Gasteiger partial charge in [-0.2, -0.15) is 0 Å². The van der Waals surface area contributed by atoms with Crippen LogP contribution in [-0.4, -0.2) is 39.1 Å². The Morgan fingerprint density at radius 2 is 1.85 bits per heavy atom. The molecule has 1 aromatic rings. The van der Waals surface area contributed by atoms with Gasteiger partial charge in [-0.25, -0.2) is 8.42 Å². The van der Waals surface area contributed by atoms with Crippen LogP contribution in [0.25, 0.3) is 0 Å². The smallest absolute Gasteiger partial charge is 0.326 e. The van der Waals surface area contributed by atoms with Gasteiger partial charge in [-0.1, -0.05) is 30.3 Å². The summed E-state index contributed by atoms with van der Waals surface area (Å²) in [4.78, 5) is 11.7. The Hall–Kier alpha value is -1.40. The Labute approximate surface area is 119 Å². The van der Waals surface area contributed by atoms with Gasteiger partial charge in [0.1, 0.15) is 0 Å². The second-order valence-corrected chi connectivity index (χ2v) is 7.23. The standard InChI is InChI=1S/C14H20O5S/c1-14(13(15)18-2,20(3,16)17)9-10-19-11-12-7-5-4-6-8-12/h4-8H,9-11H2,1-3H3. The number of carbonyl (C=O) groups is 1. The lowest BCUT2D eigenvalue weighted by atomic mass is 10.1. The molecule has 112 valence electrons. The van der Waals surface area contributed by atoms with Crippen LogP contribution in [0.5, 0.6) is 0 Å². The van der Waals surface area contributed by atoms with E-state index < -0.39 is 20.6 Å². The van der Waals surface area contributed by atoms with Crippen molar-refractivity contribution in [3.8, 4) is 0 Å². The maximum absolute atomic E-state index is 11.8. The number of benzene rings is 1. The normalized spacial score (nSPS) is 14.6. The molecule has 1 aromatic carbocycles. The summed E-state index contributed by atoms with van der Waals surface area (Å²) in [7, 11) is -2.40. The lowest BCUT2D eigenvalue weighted by Crippen LogP contribution is -2.44. The molecule has 0 aromatic heterocycles. The summed E-state index contributed by atoms with van der Waals surface area (Å²) in [5, 5.41) is 0. The Morgan fingerprint density at radius 3 is 2.35 bits per heavy atom. The summed E-state index contributed by atoms with van der Waals surface area (Å²) in [6.45, 7) is 1.90. The minimum Gasteiger partial charge on any atom is -0.468 e. The van der Waals surface area contributed by atoms with Crippen molar-refractivity contribution in [1.82, 2.24) is 0 Å². The Bertz CT molecular complexity index is 538. The summed E-state index contributed by atoms with van der Waals surface area (Å²) >= 11 is 0. The van der Waals surface area contributed by atoms with Gasteiger partial charge in [0.25, 0.3) is 0 Å². The fourth-order valence-electron chi connectivity index (χ4n) is 1.69. The second-order valence-electron chi connectivity index (χ2n) is 4.78. The lowest BCUT2D eigenvalue weighted by Gasteiger charge is -2.24. The molecule has 0 aliphatic heterocycles. The third-order valence-corrected chi connectivity index (χ3v) is 5.28. The molecule has 6 heteroatoms. The summed E-state index contributed by atoms with van der Waals surface area (Å²) in [5.41, 5.74) is 0.992. The van der Waals surface area contributed by atoms with Crippen molar-refractivity contribution in [3.63, 3.8) is 0 Å². The molecule has 1 rings (SSSR count). The zero-order valence-corrected chi connectivity index (χ0v) is 12.8. The molecular weight excluding hydrogens is 280 g/mol. The number of rotatable bonds is 7. The molecule has 0 saturated carbocycles. The van der Waals surface area contributed by atoms with Crippen molar-refractivity contribution in [3.05, 3.63) is 35.9 Å². The number of esters is 1. The minimum absolute atomic E-state index is 0.0609. The first-order chi connectivity index (χ1) is 9.31. The molecule has 0 fully saturated rings. The highest BCUT2D eigenvalue weighted by molar-refractivity contribution is 7.92. The van der Waals surface area contributed by atoms with E-state index in [1.807, 2.05) is 30.3 Å². The predicted molar refractivity (Wildman–Crippen MR) is 76.0 cm³/mol. The summed E-state index contributed by atoms with van der Waals surface area (Å²) in [6.07, 6.45) is 1.09. The highest BCUT2D eigenvalue weighted by Crippen LogP contribution is 2.22. The van der Waals surface area contributed by atoms with Gasteiger partial charge in [-0.15, -0.1) is 0 Å². The van der Waals surface area contributed by atoms with Crippen LogP contribution in [0.15, 0.2) is 30.3 Å². The van der Waals surface area contributed by atoms with E-state index >= 15 is 0 Å². The number of hydrogen-bond donors (Lipinski definition) is 0. The molecule has 0 radical (unpaired) electrons. The first-order valence-electron chi connectivity index (χ1n) is 6.21. The molecule has 1 unspecified atom stereocenters. The Balaban J connectivity index is 2.59. The van der Waals surface area contributed by atoms with Gasteiger partial charge in [-0.3, -0.25) is 4.79 Å². The van der Waals surface area contributed by atoms with E-state index in [9.17, 15) is 13.2 Å². The number of carbonyl (C=O) groups excluding carboxylic acids is 1. The fourth-order valence-corrected chi connectivity index (χ4v) is 2.53. The highest BCUT2D eigenvalue weighted by atomic mass is 32.2. The summed E-state index contributed by atoms with van der Waals surface area (Å²) in [5.74, 6) is -0.761. The van der Waals surface area contributed by atoms with Gasteiger partial charge in [-0.05, 0) is 12.5 Å². The number of hydrogen-bond acceptors (Lipinski definition) is 5. The van der Waals surface area contributed by atoms with Crippen molar-refractivity contribution < 1.29 is 22.7 Å². The Kier molecular flexibility index (Phi) is 5.71. The number of sulfone groups is 1. The van der Waals surface area contributed by atoms with E-state index in [-0.39, 0.29) is 13.0 Å². The molecule has 0 N–H and O–H groups in total. The van der Waals surface area contributed by atoms with Crippen LogP contribution >= 0.6 is 0 Å². The average Bonchev–Trinajstić information content (AvgIpc) is 2.42. The molecule has 0 aliphatic rings. The first kappa shape index (κ1) is 16.7. The predicted octanol–water partition coefficient (Wildman–Crippen LogP) is 1.57. The second kappa shape index (κ2) is 6.85. The van der Waals surface area contributed by atoms with Crippen LogP contribution in [0.4, 0.5) is 0 Å². The van der Waals surface area contributed by atoms with E-state index in [1.54, 1.807) is 0 Å². The fraction of sp³-hybridized carbons (Fsp3) is 0.500. The van der Waals surface area contributed by atoms with Gasteiger partial charge in [0.15, 0.2) is 14.6 Å². The van der Waals surface area contributed by atoms with Crippen molar-refractivity contribution in [1.29, 1.82) is 0 Å². The SMILES string of the molecule is COC(=O)C(C)(CCOCc1ccccc1)S(C)(=O)=O. The molecule has 0 amide bonds. The van der Waals surface area contributed by atoms with Crippen LogP contribution in [0, 0.1) is 0 Å². The van der Waals surface area contributed by atoms with Crippen LogP contribution in [-0.2, 0) is 30.7 Å². The maximum Gasteiger partial charge on any atom is 0.326 e. The van der Waals surface area contributed by atoms with Gasteiger partial charge in [0.05, 0.1) is 13.7 Å². The molecule has 0 heterocycles. The van der Waals surface area contributed by atoms with Gasteiger partial charge in [0, 0.05) is 19.3 Å². The quantitative estimate of drug-likeness (QED) is 0.565. The highest BCUT2D eigenvalue weighted by Gasteiger charge is 2.44. The van der Waals surface area contributed by atoms with E-state index in [4.69, 9.17) is 4.74 Å². The lowest BCUT2D eigenvalue weighted by molar-refractivity contribution is -0.143. The monoisotopic (exact) mass is 300 g/mol. The van der Waals surface area contributed by atoms with Crippen LogP contribution in [0.2, 0.25) is 0 Å². The van der Waals surface area contributed by atoms with Gasteiger partial charge in [0.2, 0.25) is 0 Å². The molecule has 0 saturated heterocycles. The van der Waals surface area contributed by atoms with Crippen molar-refractivity contribution >= 4 is 15.8 Å². The minimum atomic E-state index is -3.58. The topological polar surface area (TPSA) is 69.7 Å². The van der Waals surface area contributed by atoms with Crippen molar-refractivity contribution in [2.24, 2.45) is 0 Å². The van der Waals surface area contributed by atoms with Crippen LogP contribution in [0.1, 0.15) is 18.9 Å². The van der Waals surface area contributed by atoms with Crippen LogP contribution in [0.3, 0.4) is 0 Å². The third-order valence-electron chi connectivity index (χ3n) is 3.27. The molecule has 0 bridgehead atoms. The van der Waals surface area contributed by atoms with Crippen LogP contribution < -0.4 is 0 Å². The van der Waals surface area contributed by atoms with Gasteiger partial charge < -0.3 is 9.47 Å². The number of methoxy groups -OCH3 is 1. The Morgan fingerprint density at radius 1 is 1.25 bits per heavy atom. The van der Waals surface area contributed by atoms with E-state index in [1.165, 1.54) is 14.0 Å². The molecule has 20 heavy (non-hydrogen) atoms. The molecule has 5 nitrogen and oxygen atoms in total. The van der Waals surface area contributed by atoms with E-state index in [2.05, 4.69) is 4.74 Å². The summed E-state index contributed by atoms with van der Waals surface area (Å²) in [6, 6.07) is 9.52. The largest absolute Gasteiger partial charge is 0.468 e. The summed E-state index contributed by atoms with van der Waals surface area (Å²) < 4.78 is 32.0. The van der Waals surface area contributed by atoms with Crippen molar-refractivity contribution in [2.75, 3.05) is 20.0 Å². The van der Waals surface area contributed by atoms with E-state index in [0.717, 1.165) is 11.8 Å². The third kappa shape index (κ3) is 4.05. The number of ether oxygens (including phenoxy) is 2. The van der Waals surface area contributed by atoms with Gasteiger partial charge >= 0.3 is 5.97 Å². The average molecular weight is 300 g/mol.